The minimum absolute atomic E-state index is 0.179. The van der Waals surface area contributed by atoms with Crippen molar-refractivity contribution in [1.29, 1.82) is 0 Å². The highest BCUT2D eigenvalue weighted by Crippen LogP contribution is 2.30. The molecule has 0 radical (unpaired) electrons. The smallest absolute Gasteiger partial charge is 0.416 e. The van der Waals surface area contributed by atoms with Gasteiger partial charge in [-0.3, -0.25) is 4.79 Å². The normalized spacial score (nSPS) is 11.2. The van der Waals surface area contributed by atoms with Crippen LogP contribution in [0.15, 0.2) is 42.6 Å². The fraction of sp³-hybridized carbons (Fsp3) is 0.143. The Balaban J connectivity index is 1.97. The molecule has 0 saturated carbocycles. The summed E-state index contributed by atoms with van der Waals surface area (Å²) in [6, 6.07) is 7.07. The zero-order chi connectivity index (χ0) is 15.5. The van der Waals surface area contributed by atoms with Gasteiger partial charge in [-0.2, -0.15) is 13.2 Å². The number of carbonyl (C=O) groups is 1. The van der Waals surface area contributed by atoms with Crippen LogP contribution in [0.3, 0.4) is 0 Å². The van der Waals surface area contributed by atoms with Crippen LogP contribution in [-0.2, 0) is 6.18 Å². The number of benzene rings is 1. The first kappa shape index (κ1) is 15.3. The van der Waals surface area contributed by atoms with Gasteiger partial charge in [0.1, 0.15) is 10.9 Å². The molecule has 0 aliphatic heterocycles. The average molecular weight is 316 g/mol. The number of ether oxygens (including phenoxy) is 1. The van der Waals surface area contributed by atoms with Gasteiger partial charge < -0.3 is 4.74 Å². The number of Topliss-reactive ketones (excluding diaryl/α,β-unsaturated/α-hetero) is 1. The van der Waals surface area contributed by atoms with E-state index >= 15 is 0 Å². The van der Waals surface area contributed by atoms with Gasteiger partial charge >= 0.3 is 6.18 Å². The Bertz CT molecular complexity index is 624. The highest BCUT2D eigenvalue weighted by molar-refractivity contribution is 6.29. The van der Waals surface area contributed by atoms with Crippen LogP contribution in [0.1, 0.15) is 15.9 Å². The first-order valence-corrected chi connectivity index (χ1v) is 6.19. The summed E-state index contributed by atoms with van der Waals surface area (Å²) < 4.78 is 42.3. The molecule has 0 N–H and O–H groups in total. The molecule has 2 aromatic rings. The number of pyridine rings is 1. The van der Waals surface area contributed by atoms with Gasteiger partial charge in [0, 0.05) is 11.8 Å². The lowest BCUT2D eigenvalue weighted by Gasteiger charge is -2.08. The quantitative estimate of drug-likeness (QED) is 0.632. The molecule has 0 fully saturated rings. The van der Waals surface area contributed by atoms with Crippen molar-refractivity contribution in [2.75, 3.05) is 6.61 Å². The fourth-order valence-corrected chi connectivity index (χ4v) is 1.62. The SMILES string of the molecule is O=C(COc1ccc(C(F)(F)F)cc1)c1ccc(Cl)nc1. The zero-order valence-electron chi connectivity index (χ0n) is 10.5. The predicted octanol–water partition coefficient (Wildman–Crippen LogP) is 4.02. The van der Waals surface area contributed by atoms with Crippen molar-refractivity contribution in [2.45, 2.75) is 6.18 Å². The van der Waals surface area contributed by atoms with E-state index in [0.29, 0.717) is 5.56 Å². The predicted molar refractivity (Wildman–Crippen MR) is 70.5 cm³/mol. The molecular formula is C14H9ClF3NO2. The summed E-state index contributed by atoms with van der Waals surface area (Å²) in [6.45, 7) is -0.297. The third-order valence-electron chi connectivity index (χ3n) is 2.60. The second-order valence-electron chi connectivity index (χ2n) is 4.10. The topological polar surface area (TPSA) is 39.2 Å². The van der Waals surface area contributed by atoms with E-state index in [1.165, 1.54) is 18.3 Å². The molecule has 110 valence electrons. The molecular weight excluding hydrogens is 307 g/mol. The molecule has 0 amide bonds. The van der Waals surface area contributed by atoms with Crippen molar-refractivity contribution in [1.82, 2.24) is 4.98 Å². The molecule has 2 rings (SSSR count). The number of halogens is 4. The molecule has 0 bridgehead atoms. The standard InChI is InChI=1S/C14H9ClF3NO2/c15-13-6-1-9(7-19-13)12(20)8-21-11-4-2-10(3-5-11)14(16,17)18/h1-7H,8H2. The molecule has 7 heteroatoms. The molecule has 0 unspecified atom stereocenters. The summed E-state index contributed by atoms with van der Waals surface area (Å²) >= 11 is 5.60. The molecule has 21 heavy (non-hydrogen) atoms. The van der Waals surface area contributed by atoms with Gasteiger partial charge in [-0.1, -0.05) is 11.6 Å². The molecule has 0 aliphatic rings. The molecule has 1 aromatic carbocycles. The van der Waals surface area contributed by atoms with E-state index in [4.69, 9.17) is 16.3 Å². The van der Waals surface area contributed by atoms with E-state index < -0.39 is 11.7 Å². The van der Waals surface area contributed by atoms with E-state index in [0.717, 1.165) is 24.3 Å². The lowest BCUT2D eigenvalue weighted by Crippen LogP contribution is -2.12. The second-order valence-corrected chi connectivity index (χ2v) is 4.49. The van der Waals surface area contributed by atoms with Crippen molar-refractivity contribution in [2.24, 2.45) is 0 Å². The van der Waals surface area contributed by atoms with Crippen molar-refractivity contribution in [3.63, 3.8) is 0 Å². The van der Waals surface area contributed by atoms with Crippen molar-refractivity contribution in [3.8, 4) is 5.75 Å². The van der Waals surface area contributed by atoms with Gasteiger partial charge in [0.2, 0.25) is 5.78 Å². The first-order valence-electron chi connectivity index (χ1n) is 5.81. The second kappa shape index (κ2) is 6.13. The van der Waals surface area contributed by atoms with E-state index in [1.54, 1.807) is 0 Å². The largest absolute Gasteiger partial charge is 0.485 e. The lowest BCUT2D eigenvalue weighted by molar-refractivity contribution is -0.137. The number of aromatic nitrogens is 1. The summed E-state index contributed by atoms with van der Waals surface area (Å²) in [5.41, 5.74) is -0.464. The Morgan fingerprint density at radius 2 is 1.81 bits per heavy atom. The maximum atomic E-state index is 12.4. The molecule has 3 nitrogen and oxygen atoms in total. The Hall–Kier alpha value is -2.08. The minimum Gasteiger partial charge on any atom is -0.485 e. The number of hydrogen-bond donors (Lipinski definition) is 0. The highest BCUT2D eigenvalue weighted by atomic mass is 35.5. The Morgan fingerprint density at radius 1 is 1.14 bits per heavy atom. The summed E-state index contributed by atoms with van der Waals surface area (Å²) in [4.78, 5) is 15.5. The Morgan fingerprint density at radius 3 is 2.33 bits per heavy atom. The van der Waals surface area contributed by atoms with Gasteiger partial charge in [-0.15, -0.1) is 0 Å². The first-order chi connectivity index (χ1) is 9.86. The number of hydrogen-bond acceptors (Lipinski definition) is 3. The van der Waals surface area contributed by atoms with Crippen LogP contribution in [-0.4, -0.2) is 17.4 Å². The summed E-state index contributed by atoms with van der Waals surface area (Å²) in [5, 5.41) is 0.259. The van der Waals surface area contributed by atoms with E-state index in [9.17, 15) is 18.0 Å². The highest BCUT2D eigenvalue weighted by Gasteiger charge is 2.30. The molecule has 0 atom stereocenters. The van der Waals surface area contributed by atoms with Crippen LogP contribution in [0.5, 0.6) is 5.75 Å². The third-order valence-corrected chi connectivity index (χ3v) is 2.82. The summed E-state index contributed by atoms with van der Waals surface area (Å²) in [6.07, 6.45) is -3.09. The monoisotopic (exact) mass is 315 g/mol. The maximum absolute atomic E-state index is 12.4. The average Bonchev–Trinajstić information content (AvgIpc) is 2.45. The van der Waals surface area contributed by atoms with Gasteiger partial charge in [-0.05, 0) is 36.4 Å². The van der Waals surface area contributed by atoms with E-state index in [2.05, 4.69) is 4.98 Å². The summed E-state index contributed by atoms with van der Waals surface area (Å²) in [5.74, 6) is -0.169. The maximum Gasteiger partial charge on any atom is 0.416 e. The molecule has 0 spiro atoms. The number of alkyl halides is 3. The van der Waals surface area contributed by atoms with Gasteiger partial charge in [0.05, 0.1) is 5.56 Å². The van der Waals surface area contributed by atoms with Crippen molar-refractivity contribution in [3.05, 3.63) is 58.9 Å². The van der Waals surface area contributed by atoms with Crippen LogP contribution < -0.4 is 4.74 Å². The number of carbonyl (C=O) groups excluding carboxylic acids is 1. The lowest BCUT2D eigenvalue weighted by atomic mass is 10.2. The number of ketones is 1. The zero-order valence-corrected chi connectivity index (χ0v) is 11.3. The van der Waals surface area contributed by atoms with E-state index in [-0.39, 0.29) is 23.3 Å². The fourth-order valence-electron chi connectivity index (χ4n) is 1.51. The molecule has 1 heterocycles. The summed E-state index contributed by atoms with van der Waals surface area (Å²) in [7, 11) is 0. The van der Waals surface area contributed by atoms with E-state index in [1.807, 2.05) is 0 Å². The van der Waals surface area contributed by atoms with Crippen LogP contribution in [0, 0.1) is 0 Å². The molecule has 0 aliphatic carbocycles. The van der Waals surface area contributed by atoms with Crippen LogP contribution in [0.2, 0.25) is 5.15 Å². The third kappa shape index (κ3) is 4.19. The van der Waals surface area contributed by atoms with Gasteiger partial charge in [0.25, 0.3) is 0 Å². The van der Waals surface area contributed by atoms with Crippen molar-refractivity contribution >= 4 is 17.4 Å². The molecule has 0 saturated heterocycles. The van der Waals surface area contributed by atoms with Crippen LogP contribution >= 0.6 is 11.6 Å². The number of nitrogens with zero attached hydrogens (tertiary/aromatic N) is 1. The van der Waals surface area contributed by atoms with Gasteiger partial charge in [0.15, 0.2) is 6.61 Å². The Kier molecular flexibility index (Phi) is 4.47. The van der Waals surface area contributed by atoms with Gasteiger partial charge in [-0.25, -0.2) is 4.98 Å². The van der Waals surface area contributed by atoms with Crippen molar-refractivity contribution < 1.29 is 22.7 Å². The molecule has 1 aromatic heterocycles. The van der Waals surface area contributed by atoms with Crippen LogP contribution in [0.4, 0.5) is 13.2 Å². The van der Waals surface area contributed by atoms with Crippen LogP contribution in [0.25, 0.3) is 0 Å². The Labute approximate surface area is 123 Å². The minimum atomic E-state index is -4.40. The number of rotatable bonds is 4.